The molecular weight excluding hydrogens is 492 g/mol. The number of phenols is 1. The fourth-order valence-corrected chi connectivity index (χ4v) is 7.26. The van der Waals surface area contributed by atoms with Crippen molar-refractivity contribution in [1.82, 2.24) is 0 Å². The number of aryl methyl sites for hydroxylation is 2. The van der Waals surface area contributed by atoms with Crippen LogP contribution in [0.25, 0.3) is 11.1 Å². The molecule has 0 saturated heterocycles. The van der Waals surface area contributed by atoms with E-state index in [0.29, 0.717) is 11.7 Å². The Balaban J connectivity index is 1.77. The zero-order valence-corrected chi connectivity index (χ0v) is 22.0. The fraction of sp³-hybridized carbons (Fsp3) is 0.273. The summed E-state index contributed by atoms with van der Waals surface area (Å²) in [7, 11) is 0. The largest absolute Gasteiger partial charge is 0.507 e. The smallest absolute Gasteiger partial charge is 0.121 e. The Morgan fingerprint density at radius 1 is 0.743 bits per heavy atom. The third-order valence-electron chi connectivity index (χ3n) is 8.31. The summed E-state index contributed by atoms with van der Waals surface area (Å²) in [4.78, 5) is 0. The Labute approximate surface area is 217 Å². The quantitative estimate of drug-likeness (QED) is 0.250. The van der Waals surface area contributed by atoms with E-state index in [0.717, 1.165) is 15.6 Å². The lowest BCUT2D eigenvalue weighted by molar-refractivity contribution is 0.444. The van der Waals surface area contributed by atoms with Crippen molar-refractivity contribution in [2.45, 2.75) is 57.3 Å². The molecule has 1 atom stereocenters. The van der Waals surface area contributed by atoms with E-state index >= 15 is 0 Å². The molecule has 2 heteroatoms. The zero-order chi connectivity index (χ0) is 24.2. The Hall–Kier alpha value is -2.84. The van der Waals surface area contributed by atoms with Gasteiger partial charge in [0.05, 0.1) is 5.41 Å². The van der Waals surface area contributed by atoms with Crippen LogP contribution in [0.1, 0.15) is 77.0 Å². The normalized spacial score (nSPS) is 19.4. The van der Waals surface area contributed by atoms with Crippen LogP contribution in [-0.4, -0.2) is 5.11 Å². The number of hydrogen-bond donors (Lipinski definition) is 1. The molecule has 0 aromatic heterocycles. The molecule has 0 bridgehead atoms. The molecule has 1 N–H and O–H groups in total. The van der Waals surface area contributed by atoms with E-state index in [4.69, 9.17) is 0 Å². The van der Waals surface area contributed by atoms with Gasteiger partial charge in [0.15, 0.2) is 0 Å². The molecule has 6 rings (SSSR count). The van der Waals surface area contributed by atoms with Crippen LogP contribution >= 0.6 is 15.9 Å². The van der Waals surface area contributed by atoms with Gasteiger partial charge in [0.25, 0.3) is 0 Å². The molecule has 176 valence electrons. The van der Waals surface area contributed by atoms with Gasteiger partial charge in [0.2, 0.25) is 0 Å². The van der Waals surface area contributed by atoms with E-state index in [1.54, 1.807) is 0 Å². The van der Waals surface area contributed by atoms with Crippen molar-refractivity contribution in [1.29, 1.82) is 0 Å². The first-order valence-electron chi connectivity index (χ1n) is 12.8. The molecule has 4 aromatic rings. The number of hydrogen-bond acceptors (Lipinski definition) is 1. The number of fused-ring (bicyclic) bond motifs is 3. The van der Waals surface area contributed by atoms with Crippen molar-refractivity contribution >= 4 is 15.9 Å². The van der Waals surface area contributed by atoms with Gasteiger partial charge < -0.3 is 5.11 Å². The van der Waals surface area contributed by atoms with Crippen LogP contribution in [0.3, 0.4) is 0 Å². The van der Waals surface area contributed by atoms with Crippen LogP contribution in [-0.2, 0) is 5.41 Å². The van der Waals surface area contributed by atoms with Crippen LogP contribution in [0, 0.1) is 13.8 Å². The van der Waals surface area contributed by atoms with Crippen LogP contribution in [0.15, 0.2) is 83.3 Å². The second kappa shape index (κ2) is 8.68. The van der Waals surface area contributed by atoms with Gasteiger partial charge in [0, 0.05) is 4.47 Å². The maximum absolute atomic E-state index is 10.7. The maximum Gasteiger partial charge on any atom is 0.121 e. The summed E-state index contributed by atoms with van der Waals surface area (Å²) in [6, 6.07) is 29.1. The SMILES string of the molecule is Cc1cc(C2(c3ccccc3)c3ccccc3-c3c(C4CCCCC4)cc(Br)cc32)cc(C)c1O. The fourth-order valence-electron chi connectivity index (χ4n) is 6.78. The number of rotatable bonds is 3. The highest BCUT2D eigenvalue weighted by molar-refractivity contribution is 9.10. The molecule has 0 amide bonds. The lowest BCUT2D eigenvalue weighted by Gasteiger charge is -2.35. The van der Waals surface area contributed by atoms with Crippen LogP contribution < -0.4 is 0 Å². The molecule has 0 radical (unpaired) electrons. The molecule has 2 aliphatic carbocycles. The predicted octanol–water partition coefficient (Wildman–Crippen LogP) is 9.18. The van der Waals surface area contributed by atoms with Crippen molar-refractivity contribution in [3.8, 4) is 16.9 Å². The van der Waals surface area contributed by atoms with Gasteiger partial charge in [-0.3, -0.25) is 0 Å². The predicted molar refractivity (Wildman–Crippen MR) is 148 cm³/mol. The lowest BCUT2D eigenvalue weighted by Crippen LogP contribution is -2.29. The first-order valence-corrected chi connectivity index (χ1v) is 13.6. The van der Waals surface area contributed by atoms with Gasteiger partial charge in [-0.15, -0.1) is 0 Å². The summed E-state index contributed by atoms with van der Waals surface area (Å²) in [5.41, 5.74) is 10.8. The Bertz CT molecular complexity index is 1390. The van der Waals surface area contributed by atoms with Gasteiger partial charge >= 0.3 is 0 Å². The van der Waals surface area contributed by atoms with Crippen LogP contribution in [0.5, 0.6) is 5.75 Å². The number of aromatic hydroxyl groups is 1. The molecule has 1 unspecified atom stereocenters. The number of benzene rings is 4. The number of phenolic OH excluding ortho intramolecular Hbond substituents is 1. The third kappa shape index (κ3) is 3.41. The van der Waals surface area contributed by atoms with E-state index < -0.39 is 5.41 Å². The molecule has 1 saturated carbocycles. The highest BCUT2D eigenvalue weighted by atomic mass is 79.9. The minimum Gasteiger partial charge on any atom is -0.507 e. The van der Waals surface area contributed by atoms with Crippen molar-refractivity contribution in [3.05, 3.63) is 122 Å². The summed E-state index contributed by atoms with van der Waals surface area (Å²) in [6.45, 7) is 4.03. The van der Waals surface area contributed by atoms with E-state index in [1.807, 2.05) is 13.8 Å². The summed E-state index contributed by atoms with van der Waals surface area (Å²) in [6.07, 6.45) is 6.51. The Morgan fingerprint density at radius 3 is 2.11 bits per heavy atom. The van der Waals surface area contributed by atoms with Gasteiger partial charge in [0.1, 0.15) is 5.75 Å². The molecule has 0 spiro atoms. The second-order valence-electron chi connectivity index (χ2n) is 10.4. The van der Waals surface area contributed by atoms with E-state index in [2.05, 4.69) is 94.8 Å². The van der Waals surface area contributed by atoms with E-state index in [1.165, 1.54) is 71.0 Å². The van der Waals surface area contributed by atoms with E-state index in [9.17, 15) is 5.11 Å². The molecule has 2 aliphatic rings. The third-order valence-corrected chi connectivity index (χ3v) is 8.77. The second-order valence-corrected chi connectivity index (χ2v) is 11.3. The molecule has 0 aliphatic heterocycles. The van der Waals surface area contributed by atoms with Crippen molar-refractivity contribution in [2.75, 3.05) is 0 Å². The average molecular weight is 524 g/mol. The van der Waals surface area contributed by atoms with Gasteiger partial charge in [-0.1, -0.05) is 102 Å². The summed E-state index contributed by atoms with van der Waals surface area (Å²) < 4.78 is 1.15. The summed E-state index contributed by atoms with van der Waals surface area (Å²) >= 11 is 3.92. The summed E-state index contributed by atoms with van der Waals surface area (Å²) in [5, 5.41) is 10.7. The van der Waals surface area contributed by atoms with Crippen molar-refractivity contribution < 1.29 is 5.11 Å². The van der Waals surface area contributed by atoms with Gasteiger partial charge in [-0.05, 0) is 94.8 Å². The van der Waals surface area contributed by atoms with Crippen molar-refractivity contribution in [2.24, 2.45) is 0 Å². The van der Waals surface area contributed by atoms with Crippen molar-refractivity contribution in [3.63, 3.8) is 0 Å². The minimum absolute atomic E-state index is 0.389. The molecule has 1 nitrogen and oxygen atoms in total. The van der Waals surface area contributed by atoms with Gasteiger partial charge in [-0.25, -0.2) is 0 Å². The monoisotopic (exact) mass is 522 g/mol. The topological polar surface area (TPSA) is 20.2 Å². The molecule has 1 fully saturated rings. The van der Waals surface area contributed by atoms with Crippen LogP contribution in [0.2, 0.25) is 0 Å². The first kappa shape index (κ1) is 22.6. The first-order chi connectivity index (χ1) is 17.0. The van der Waals surface area contributed by atoms with Crippen LogP contribution in [0.4, 0.5) is 0 Å². The molecular formula is C33H31BrO. The molecule has 0 heterocycles. The van der Waals surface area contributed by atoms with Gasteiger partial charge in [-0.2, -0.15) is 0 Å². The average Bonchev–Trinajstić information content (AvgIpc) is 3.18. The zero-order valence-electron chi connectivity index (χ0n) is 20.4. The molecule has 4 aromatic carbocycles. The highest BCUT2D eigenvalue weighted by Gasteiger charge is 2.47. The summed E-state index contributed by atoms with van der Waals surface area (Å²) in [5.74, 6) is 0.985. The Morgan fingerprint density at radius 2 is 1.40 bits per heavy atom. The lowest BCUT2D eigenvalue weighted by atomic mass is 9.67. The Kier molecular flexibility index (Phi) is 5.60. The maximum atomic E-state index is 10.7. The highest BCUT2D eigenvalue weighted by Crippen LogP contribution is 2.59. The standard InChI is InChI=1S/C33H31BrO/c1-21-17-25(18-22(2)32(21)35)33(24-13-7-4-8-14-24)29-16-10-9-15-27(29)31-28(19-26(34)20-30(31)33)23-11-5-3-6-12-23/h4,7-10,13-20,23,35H,3,5-6,11-12H2,1-2H3. The molecule has 35 heavy (non-hydrogen) atoms. The van der Waals surface area contributed by atoms with E-state index in [-0.39, 0.29) is 0 Å². The minimum atomic E-state index is -0.441. The number of halogens is 1.